The molecule has 172 valence electrons. The number of carbonyl (C=O) groups excluding carboxylic acids is 1. The Morgan fingerprint density at radius 3 is 2.64 bits per heavy atom. The number of hydrogen-bond donors (Lipinski definition) is 1. The standard InChI is InChI=1S/C27H30N2O4/c1-18-15-24(33-29-18)17-27(30)28-21-8-10-22(11-9-21)31-23-12-14-26-20(16-23)7-13-25(32-26)19-5-3-2-4-6-19/h2-6,12,14-16,21-22,25H,7-11,13,17H2,1H3,(H,28,30). The first-order valence-electron chi connectivity index (χ1n) is 11.8. The highest BCUT2D eigenvalue weighted by Gasteiger charge is 2.25. The van der Waals surface area contributed by atoms with Crippen LogP contribution in [0.3, 0.4) is 0 Å². The Balaban J connectivity index is 1.10. The molecule has 1 aliphatic heterocycles. The third-order valence-corrected chi connectivity index (χ3v) is 6.50. The highest BCUT2D eigenvalue weighted by molar-refractivity contribution is 5.78. The van der Waals surface area contributed by atoms with E-state index in [9.17, 15) is 4.79 Å². The van der Waals surface area contributed by atoms with E-state index in [1.54, 1.807) is 6.07 Å². The zero-order valence-corrected chi connectivity index (χ0v) is 19.0. The zero-order valence-electron chi connectivity index (χ0n) is 19.0. The second-order valence-electron chi connectivity index (χ2n) is 9.10. The van der Waals surface area contributed by atoms with Crippen LogP contribution in [-0.2, 0) is 17.6 Å². The van der Waals surface area contributed by atoms with Crippen LogP contribution < -0.4 is 14.8 Å². The van der Waals surface area contributed by atoms with Crippen LogP contribution in [0.4, 0.5) is 0 Å². The highest BCUT2D eigenvalue weighted by Crippen LogP contribution is 2.37. The SMILES string of the molecule is Cc1cc(CC(=O)NC2CCC(Oc3ccc4c(c3)CCC(c3ccccc3)O4)CC2)on1. The van der Waals surface area contributed by atoms with E-state index in [4.69, 9.17) is 14.0 Å². The van der Waals surface area contributed by atoms with Crippen LogP contribution in [0.25, 0.3) is 0 Å². The summed E-state index contributed by atoms with van der Waals surface area (Å²) in [7, 11) is 0. The summed E-state index contributed by atoms with van der Waals surface area (Å²) in [6, 6.07) is 18.6. The first-order chi connectivity index (χ1) is 16.1. The Morgan fingerprint density at radius 2 is 1.88 bits per heavy atom. The van der Waals surface area contributed by atoms with E-state index in [-0.39, 0.29) is 30.6 Å². The maximum absolute atomic E-state index is 12.3. The largest absolute Gasteiger partial charge is 0.490 e. The van der Waals surface area contributed by atoms with Crippen LogP contribution in [0.2, 0.25) is 0 Å². The van der Waals surface area contributed by atoms with Crippen molar-refractivity contribution in [2.75, 3.05) is 0 Å². The van der Waals surface area contributed by atoms with Gasteiger partial charge in [0.1, 0.15) is 23.4 Å². The number of aromatic nitrogens is 1. The molecule has 2 heterocycles. The van der Waals surface area contributed by atoms with Gasteiger partial charge in [0.2, 0.25) is 5.91 Å². The summed E-state index contributed by atoms with van der Waals surface area (Å²) in [5.41, 5.74) is 3.23. The predicted octanol–water partition coefficient (Wildman–Crippen LogP) is 5.10. The monoisotopic (exact) mass is 446 g/mol. The molecular formula is C27H30N2O4. The molecule has 2 aromatic carbocycles. The number of hydrogen-bond acceptors (Lipinski definition) is 5. The van der Waals surface area contributed by atoms with Gasteiger partial charge in [0.05, 0.1) is 18.2 Å². The lowest BCUT2D eigenvalue weighted by molar-refractivity contribution is -0.121. The Labute approximate surface area is 194 Å². The lowest BCUT2D eigenvalue weighted by atomic mass is 9.92. The van der Waals surface area contributed by atoms with Crippen molar-refractivity contribution in [3.05, 3.63) is 77.2 Å². The van der Waals surface area contributed by atoms with Gasteiger partial charge in [-0.25, -0.2) is 0 Å². The second kappa shape index (κ2) is 9.69. The average molecular weight is 447 g/mol. The van der Waals surface area contributed by atoms with Gasteiger partial charge in [-0.3, -0.25) is 4.79 Å². The number of benzene rings is 2. The molecule has 2 aliphatic rings. The Morgan fingerprint density at radius 1 is 1.06 bits per heavy atom. The van der Waals surface area contributed by atoms with E-state index >= 15 is 0 Å². The number of aryl methyl sites for hydroxylation is 2. The quantitative estimate of drug-likeness (QED) is 0.570. The number of nitrogens with one attached hydrogen (secondary N) is 1. The highest BCUT2D eigenvalue weighted by atomic mass is 16.5. The molecule has 5 rings (SSSR count). The minimum Gasteiger partial charge on any atom is -0.490 e. The number of carbonyl (C=O) groups is 1. The molecule has 1 fully saturated rings. The van der Waals surface area contributed by atoms with Crippen molar-refractivity contribution in [2.24, 2.45) is 0 Å². The summed E-state index contributed by atoms with van der Waals surface area (Å²) in [6.45, 7) is 1.85. The Bertz CT molecular complexity index is 1090. The fourth-order valence-corrected chi connectivity index (χ4v) is 4.79. The van der Waals surface area contributed by atoms with E-state index in [1.165, 1.54) is 11.1 Å². The molecule has 0 bridgehead atoms. The zero-order chi connectivity index (χ0) is 22.6. The van der Waals surface area contributed by atoms with Crippen molar-refractivity contribution in [3.8, 4) is 11.5 Å². The number of rotatable bonds is 6. The van der Waals surface area contributed by atoms with Crippen molar-refractivity contribution < 1.29 is 18.8 Å². The molecule has 33 heavy (non-hydrogen) atoms. The van der Waals surface area contributed by atoms with Gasteiger partial charge in [-0.05, 0) is 74.8 Å². The summed E-state index contributed by atoms with van der Waals surface area (Å²) < 4.78 is 17.7. The lowest BCUT2D eigenvalue weighted by Gasteiger charge is -2.30. The molecule has 1 unspecified atom stereocenters. The van der Waals surface area contributed by atoms with Crippen LogP contribution in [0, 0.1) is 6.92 Å². The maximum atomic E-state index is 12.3. The second-order valence-corrected chi connectivity index (χ2v) is 9.10. The first kappa shape index (κ1) is 21.6. The van der Waals surface area contributed by atoms with Gasteiger partial charge >= 0.3 is 0 Å². The number of fused-ring (bicyclic) bond motifs is 1. The van der Waals surface area contributed by atoms with E-state index in [0.29, 0.717) is 5.76 Å². The van der Waals surface area contributed by atoms with Crippen LogP contribution in [0.1, 0.15) is 60.8 Å². The fourth-order valence-electron chi connectivity index (χ4n) is 4.79. The molecule has 0 radical (unpaired) electrons. The van der Waals surface area contributed by atoms with E-state index in [0.717, 1.165) is 55.7 Å². The summed E-state index contributed by atoms with van der Waals surface area (Å²) in [5, 5.41) is 6.95. The van der Waals surface area contributed by atoms with Crippen LogP contribution >= 0.6 is 0 Å². The molecule has 1 aliphatic carbocycles. The molecule has 1 saturated carbocycles. The summed E-state index contributed by atoms with van der Waals surface area (Å²) in [6.07, 6.45) is 6.16. The van der Waals surface area contributed by atoms with E-state index in [2.05, 4.69) is 40.8 Å². The molecule has 1 aromatic heterocycles. The summed E-state index contributed by atoms with van der Waals surface area (Å²) >= 11 is 0. The first-order valence-corrected chi connectivity index (χ1v) is 11.8. The summed E-state index contributed by atoms with van der Waals surface area (Å²) in [4.78, 5) is 12.3. The topological polar surface area (TPSA) is 73.6 Å². The fraction of sp³-hybridized carbons (Fsp3) is 0.407. The van der Waals surface area contributed by atoms with Gasteiger partial charge in [0.25, 0.3) is 0 Å². The van der Waals surface area contributed by atoms with Gasteiger partial charge in [-0.15, -0.1) is 0 Å². The smallest absolute Gasteiger partial charge is 0.227 e. The van der Waals surface area contributed by atoms with Crippen molar-refractivity contribution in [1.29, 1.82) is 0 Å². The molecule has 0 spiro atoms. The summed E-state index contributed by atoms with van der Waals surface area (Å²) in [5.74, 6) is 2.45. The molecule has 6 nitrogen and oxygen atoms in total. The van der Waals surface area contributed by atoms with Crippen LogP contribution in [0.15, 0.2) is 59.1 Å². The van der Waals surface area contributed by atoms with E-state index in [1.807, 2.05) is 25.1 Å². The molecular weight excluding hydrogens is 416 g/mol. The van der Waals surface area contributed by atoms with Crippen LogP contribution in [0.5, 0.6) is 11.5 Å². The minimum atomic E-state index is -0.0148. The van der Waals surface area contributed by atoms with Gasteiger partial charge < -0.3 is 19.3 Å². The predicted molar refractivity (Wildman–Crippen MR) is 124 cm³/mol. The van der Waals surface area contributed by atoms with Gasteiger partial charge in [-0.2, -0.15) is 0 Å². The molecule has 6 heteroatoms. The van der Waals surface area contributed by atoms with E-state index < -0.39 is 0 Å². The Hall–Kier alpha value is -3.28. The van der Waals surface area contributed by atoms with Gasteiger partial charge in [0.15, 0.2) is 0 Å². The Kier molecular flexibility index (Phi) is 6.33. The number of amides is 1. The van der Waals surface area contributed by atoms with Crippen LogP contribution in [-0.4, -0.2) is 23.2 Å². The number of nitrogens with zero attached hydrogens (tertiary/aromatic N) is 1. The molecule has 1 amide bonds. The third-order valence-electron chi connectivity index (χ3n) is 6.50. The lowest BCUT2D eigenvalue weighted by Crippen LogP contribution is -2.40. The number of ether oxygens (including phenoxy) is 2. The molecule has 0 saturated heterocycles. The minimum absolute atomic E-state index is 0.0148. The van der Waals surface area contributed by atoms with Crippen molar-refractivity contribution in [2.45, 2.75) is 70.1 Å². The molecule has 1 N–H and O–H groups in total. The van der Waals surface area contributed by atoms with Crippen molar-refractivity contribution in [3.63, 3.8) is 0 Å². The van der Waals surface area contributed by atoms with Crippen molar-refractivity contribution in [1.82, 2.24) is 10.5 Å². The van der Waals surface area contributed by atoms with Crippen molar-refractivity contribution >= 4 is 5.91 Å². The maximum Gasteiger partial charge on any atom is 0.227 e. The molecule has 3 aromatic rings. The third kappa shape index (κ3) is 5.38. The van der Waals surface area contributed by atoms with Gasteiger partial charge in [-0.1, -0.05) is 35.5 Å². The normalized spacial score (nSPS) is 22.2. The van der Waals surface area contributed by atoms with Gasteiger partial charge in [0, 0.05) is 12.1 Å². The molecule has 1 atom stereocenters. The average Bonchev–Trinajstić information content (AvgIpc) is 3.24.